The lowest BCUT2D eigenvalue weighted by Gasteiger charge is -2.46. The Bertz CT molecular complexity index is 637. The Labute approximate surface area is 141 Å². The predicted octanol–water partition coefficient (Wildman–Crippen LogP) is 3.79. The number of rotatable bonds is 4. The third-order valence-corrected chi connectivity index (χ3v) is 5.50. The molecule has 1 aliphatic carbocycles. The van der Waals surface area contributed by atoms with Crippen LogP contribution in [0.2, 0.25) is 0 Å². The van der Waals surface area contributed by atoms with Crippen molar-refractivity contribution in [1.82, 2.24) is 10.6 Å². The van der Waals surface area contributed by atoms with E-state index in [1.165, 1.54) is 43.5 Å². The average Bonchev–Trinajstić information content (AvgIpc) is 3.04. The van der Waals surface area contributed by atoms with E-state index in [9.17, 15) is 8.78 Å². The van der Waals surface area contributed by atoms with Crippen LogP contribution in [0.1, 0.15) is 36.4 Å². The number of hydrogen-bond acceptors (Lipinski definition) is 2. The molecule has 2 fully saturated rings. The van der Waals surface area contributed by atoms with Crippen molar-refractivity contribution in [2.75, 3.05) is 13.1 Å². The van der Waals surface area contributed by atoms with Gasteiger partial charge in [0.05, 0.1) is 6.04 Å². The normalized spacial score (nSPS) is 26.0. The molecule has 2 aromatic rings. The molecule has 24 heavy (non-hydrogen) atoms. The largest absolute Gasteiger partial charge is 0.316 e. The molecule has 2 N–H and O–H groups in total. The average molecular weight is 328 g/mol. The van der Waals surface area contributed by atoms with E-state index >= 15 is 0 Å². The van der Waals surface area contributed by atoms with Crippen molar-refractivity contribution in [1.29, 1.82) is 0 Å². The molecule has 2 aromatic carbocycles. The molecule has 0 unspecified atom stereocenters. The van der Waals surface area contributed by atoms with Crippen LogP contribution in [0.15, 0.2) is 48.5 Å². The molecular formula is C20H22F2N2. The highest BCUT2D eigenvalue weighted by Crippen LogP contribution is 2.46. The van der Waals surface area contributed by atoms with Crippen LogP contribution in [0.25, 0.3) is 0 Å². The van der Waals surface area contributed by atoms with Crippen LogP contribution >= 0.6 is 0 Å². The van der Waals surface area contributed by atoms with Gasteiger partial charge in [0, 0.05) is 12.6 Å². The summed E-state index contributed by atoms with van der Waals surface area (Å²) >= 11 is 0. The monoisotopic (exact) mass is 328 g/mol. The Morgan fingerprint density at radius 1 is 0.917 bits per heavy atom. The molecule has 0 amide bonds. The fraction of sp³-hybridized carbons (Fsp3) is 0.400. The first kappa shape index (κ1) is 15.7. The summed E-state index contributed by atoms with van der Waals surface area (Å²) in [5, 5.41) is 7.16. The molecular weight excluding hydrogens is 306 g/mol. The minimum atomic E-state index is -0.240. The van der Waals surface area contributed by atoms with Crippen molar-refractivity contribution in [3.8, 4) is 0 Å². The van der Waals surface area contributed by atoms with E-state index in [0.29, 0.717) is 11.5 Å². The van der Waals surface area contributed by atoms with Crippen molar-refractivity contribution in [3.63, 3.8) is 0 Å². The van der Waals surface area contributed by atoms with Crippen molar-refractivity contribution in [2.24, 2.45) is 5.41 Å². The second kappa shape index (κ2) is 6.26. The fourth-order valence-electron chi connectivity index (χ4n) is 4.18. The van der Waals surface area contributed by atoms with Gasteiger partial charge in [0.1, 0.15) is 11.6 Å². The zero-order chi connectivity index (χ0) is 16.6. The van der Waals surface area contributed by atoms with Gasteiger partial charge in [0.2, 0.25) is 0 Å². The van der Waals surface area contributed by atoms with Gasteiger partial charge in [-0.3, -0.25) is 0 Å². The Morgan fingerprint density at radius 3 is 1.92 bits per heavy atom. The van der Waals surface area contributed by atoms with E-state index in [1.54, 1.807) is 0 Å². The Morgan fingerprint density at radius 2 is 1.46 bits per heavy atom. The third-order valence-electron chi connectivity index (χ3n) is 5.50. The summed E-state index contributed by atoms with van der Waals surface area (Å²) in [5.74, 6) is -0.479. The molecule has 0 aromatic heterocycles. The van der Waals surface area contributed by atoms with Gasteiger partial charge in [-0.2, -0.15) is 0 Å². The van der Waals surface area contributed by atoms with Crippen LogP contribution in [0.4, 0.5) is 8.78 Å². The second-order valence-corrected chi connectivity index (χ2v) is 7.23. The Kier molecular flexibility index (Phi) is 4.10. The molecule has 2 nitrogen and oxygen atoms in total. The molecule has 1 saturated heterocycles. The van der Waals surface area contributed by atoms with E-state index in [0.717, 1.165) is 24.2 Å². The van der Waals surface area contributed by atoms with E-state index in [4.69, 9.17) is 0 Å². The van der Waals surface area contributed by atoms with Gasteiger partial charge in [-0.1, -0.05) is 24.3 Å². The van der Waals surface area contributed by atoms with Crippen molar-refractivity contribution in [2.45, 2.75) is 31.3 Å². The quantitative estimate of drug-likeness (QED) is 0.892. The maximum Gasteiger partial charge on any atom is 0.123 e. The smallest absolute Gasteiger partial charge is 0.123 e. The maximum atomic E-state index is 13.3. The molecule has 4 heteroatoms. The predicted molar refractivity (Wildman–Crippen MR) is 90.7 cm³/mol. The SMILES string of the molecule is Fc1ccc(C(NC2CC3(CCNC3)C2)c2ccc(F)cc2)cc1. The number of benzene rings is 2. The lowest BCUT2D eigenvalue weighted by atomic mass is 9.64. The van der Waals surface area contributed by atoms with Crippen molar-refractivity contribution >= 4 is 0 Å². The second-order valence-electron chi connectivity index (χ2n) is 7.23. The standard InChI is InChI=1S/C20H22F2N2/c21-16-5-1-14(2-6-16)19(15-3-7-17(22)8-4-15)24-18-11-20(12-18)9-10-23-13-20/h1-8,18-19,23-24H,9-13H2. The molecule has 2 aliphatic rings. The molecule has 1 heterocycles. The summed E-state index contributed by atoms with van der Waals surface area (Å²) < 4.78 is 26.5. The molecule has 1 aliphatic heterocycles. The molecule has 4 rings (SSSR count). The van der Waals surface area contributed by atoms with Crippen molar-refractivity contribution < 1.29 is 8.78 Å². The highest BCUT2D eigenvalue weighted by atomic mass is 19.1. The van der Waals surface area contributed by atoms with Gasteiger partial charge in [0.15, 0.2) is 0 Å². The highest BCUT2D eigenvalue weighted by Gasteiger charge is 2.46. The molecule has 0 radical (unpaired) electrons. The van der Waals surface area contributed by atoms with Crippen LogP contribution in [0, 0.1) is 17.0 Å². The first-order valence-electron chi connectivity index (χ1n) is 8.61. The minimum absolute atomic E-state index is 0.0390. The number of halogens is 2. The van der Waals surface area contributed by atoms with Gasteiger partial charge >= 0.3 is 0 Å². The molecule has 126 valence electrons. The van der Waals surface area contributed by atoms with E-state index in [2.05, 4.69) is 10.6 Å². The van der Waals surface area contributed by atoms with Gasteiger partial charge in [-0.15, -0.1) is 0 Å². The zero-order valence-corrected chi connectivity index (χ0v) is 13.6. The van der Waals surface area contributed by atoms with Crippen LogP contribution in [0.3, 0.4) is 0 Å². The summed E-state index contributed by atoms with van der Waals surface area (Å²) in [6.07, 6.45) is 3.58. The Hall–Kier alpha value is -1.78. The van der Waals surface area contributed by atoms with Crippen molar-refractivity contribution in [3.05, 3.63) is 71.3 Å². The highest BCUT2D eigenvalue weighted by molar-refractivity contribution is 5.32. The maximum absolute atomic E-state index is 13.3. The van der Waals surface area contributed by atoms with Crippen LogP contribution < -0.4 is 10.6 Å². The molecule has 0 bridgehead atoms. The van der Waals surface area contributed by atoms with Crippen LogP contribution in [-0.4, -0.2) is 19.1 Å². The summed E-state index contributed by atoms with van der Waals surface area (Å²) in [7, 11) is 0. The third kappa shape index (κ3) is 3.08. The van der Waals surface area contributed by atoms with E-state index in [1.807, 2.05) is 24.3 Å². The summed E-state index contributed by atoms with van der Waals surface area (Å²) in [4.78, 5) is 0. The van der Waals surface area contributed by atoms with Crippen LogP contribution in [-0.2, 0) is 0 Å². The summed E-state index contributed by atoms with van der Waals surface area (Å²) in [5.41, 5.74) is 2.48. The fourth-order valence-corrected chi connectivity index (χ4v) is 4.18. The summed E-state index contributed by atoms with van der Waals surface area (Å²) in [6, 6.07) is 13.6. The van der Waals surface area contributed by atoms with Gasteiger partial charge in [-0.25, -0.2) is 8.78 Å². The number of nitrogens with one attached hydrogen (secondary N) is 2. The van der Waals surface area contributed by atoms with Gasteiger partial charge < -0.3 is 10.6 Å². The van der Waals surface area contributed by atoms with Crippen LogP contribution in [0.5, 0.6) is 0 Å². The van der Waals surface area contributed by atoms with Gasteiger partial charge in [-0.05, 0) is 66.6 Å². The minimum Gasteiger partial charge on any atom is -0.316 e. The number of hydrogen-bond donors (Lipinski definition) is 2. The van der Waals surface area contributed by atoms with E-state index in [-0.39, 0.29) is 17.7 Å². The van der Waals surface area contributed by atoms with Gasteiger partial charge in [0.25, 0.3) is 0 Å². The molecule has 1 spiro atoms. The zero-order valence-electron chi connectivity index (χ0n) is 13.6. The Balaban J connectivity index is 1.54. The topological polar surface area (TPSA) is 24.1 Å². The molecule has 0 atom stereocenters. The first-order valence-corrected chi connectivity index (χ1v) is 8.61. The summed E-state index contributed by atoms with van der Waals surface area (Å²) in [6.45, 7) is 2.23. The lowest BCUT2D eigenvalue weighted by molar-refractivity contribution is 0.0997. The first-order chi connectivity index (χ1) is 11.6. The van der Waals surface area contributed by atoms with E-state index < -0.39 is 0 Å². The lowest BCUT2D eigenvalue weighted by Crippen LogP contribution is -2.51. The molecule has 1 saturated carbocycles.